The molecular weight excluding hydrogens is 219 g/mol. The van der Waals surface area contributed by atoms with Crippen LogP contribution < -0.4 is 10.1 Å². The van der Waals surface area contributed by atoms with Crippen LogP contribution in [-0.2, 0) is 0 Å². The molecule has 17 heavy (non-hydrogen) atoms. The van der Waals surface area contributed by atoms with E-state index in [1.807, 2.05) is 31.4 Å². The molecule has 0 radical (unpaired) electrons. The maximum atomic E-state index is 13.5. The van der Waals surface area contributed by atoms with Gasteiger partial charge in [-0.05, 0) is 22.8 Å². The number of hydrogen-bond donors (Lipinski definition) is 1. The van der Waals surface area contributed by atoms with Crippen LogP contribution in [0, 0.1) is 11.6 Å². The second-order valence-corrected chi connectivity index (χ2v) is 5.62. The van der Waals surface area contributed by atoms with Crippen molar-refractivity contribution in [3.8, 4) is 5.75 Å². The number of halogens is 2. The van der Waals surface area contributed by atoms with Crippen LogP contribution in [0.1, 0.15) is 0 Å². The first-order valence-electron chi connectivity index (χ1n) is 5.64. The Hall–Kier alpha value is -0.900. The van der Waals surface area contributed by atoms with Gasteiger partial charge in [0.05, 0.1) is 0 Å². The van der Waals surface area contributed by atoms with Gasteiger partial charge in [-0.1, -0.05) is 6.07 Å². The van der Waals surface area contributed by atoms with Crippen molar-refractivity contribution in [2.75, 3.05) is 0 Å². The maximum absolute atomic E-state index is 13.5. The molecule has 0 saturated carbocycles. The molecule has 1 aliphatic rings. The van der Waals surface area contributed by atoms with Crippen molar-refractivity contribution in [2.45, 2.75) is 16.8 Å². The zero-order valence-corrected chi connectivity index (χ0v) is 10.5. The van der Waals surface area contributed by atoms with Crippen LogP contribution in [-0.4, -0.2) is 48.2 Å². The van der Waals surface area contributed by atoms with Gasteiger partial charge in [0, 0.05) is 0 Å². The van der Waals surface area contributed by atoms with Gasteiger partial charge >= 0.3 is 0 Å². The molecule has 0 bridgehead atoms. The predicted octanol–water partition coefficient (Wildman–Crippen LogP) is -2.84. The van der Waals surface area contributed by atoms with Gasteiger partial charge in [0.15, 0.2) is 11.6 Å². The Labute approximate surface area is 103 Å². The lowest BCUT2D eigenvalue weighted by Crippen LogP contribution is -2.86. The summed E-state index contributed by atoms with van der Waals surface area (Å²) in [6.45, 7) is 0. The van der Waals surface area contributed by atoms with Crippen molar-refractivity contribution >= 4 is 31.4 Å². The van der Waals surface area contributed by atoms with Gasteiger partial charge in [0.25, 0.3) is 0 Å². The second kappa shape index (κ2) is 3.80. The van der Waals surface area contributed by atoms with Gasteiger partial charge < -0.3 is 10.1 Å². The smallest absolute Gasteiger partial charge is 0.200 e. The highest BCUT2D eigenvalue weighted by Gasteiger charge is 2.53. The highest BCUT2D eigenvalue weighted by atomic mass is 19.2. The fourth-order valence-corrected chi connectivity index (χ4v) is 2.78. The van der Waals surface area contributed by atoms with Gasteiger partial charge in [0.1, 0.15) is 37.5 Å². The molecule has 8 heteroatoms. The van der Waals surface area contributed by atoms with E-state index in [4.69, 9.17) is 4.74 Å². The van der Waals surface area contributed by atoms with Crippen LogP contribution >= 0.6 is 0 Å². The van der Waals surface area contributed by atoms with Crippen LogP contribution in [0.25, 0.3) is 0 Å². The van der Waals surface area contributed by atoms with E-state index in [0.717, 1.165) is 6.07 Å². The molecule has 0 aliphatic carbocycles. The molecule has 0 spiro atoms. The molecule has 86 valence electrons. The molecule has 2 nitrogen and oxygen atoms in total. The molecule has 1 aromatic rings. The molecule has 1 N–H and O–H groups in total. The molecule has 1 aliphatic heterocycles. The Bertz CT molecular complexity index is 441. The van der Waals surface area contributed by atoms with Crippen molar-refractivity contribution in [3.05, 3.63) is 29.8 Å². The third-order valence-corrected chi connectivity index (χ3v) is 3.12. The molecule has 1 aromatic carbocycles. The van der Waals surface area contributed by atoms with Crippen molar-refractivity contribution < 1.29 is 13.5 Å². The normalized spacial score (nSPS) is 21.8. The molecule has 0 aromatic heterocycles. The fraction of sp³-hybridized carbons (Fsp3) is 0.333. The van der Waals surface area contributed by atoms with Crippen molar-refractivity contribution in [1.29, 1.82) is 0 Å². The van der Waals surface area contributed by atoms with Gasteiger partial charge in [-0.15, -0.1) is 0 Å². The van der Waals surface area contributed by atoms with Gasteiger partial charge in [-0.25, -0.2) is 4.39 Å². The minimum absolute atomic E-state index is 0.0300. The maximum Gasteiger partial charge on any atom is 0.200 e. The first-order valence-corrected chi connectivity index (χ1v) is 5.64. The van der Waals surface area contributed by atoms with E-state index in [1.54, 1.807) is 0 Å². The van der Waals surface area contributed by atoms with E-state index >= 15 is 0 Å². The van der Waals surface area contributed by atoms with Gasteiger partial charge in [-0.3, -0.25) is 0 Å². The van der Waals surface area contributed by atoms with Crippen LogP contribution in [0.15, 0.2) is 18.2 Å². The minimum Gasteiger partial charge on any atom is -0.487 e. The number of ether oxygens (including phenoxy) is 1. The number of benzene rings is 1. The van der Waals surface area contributed by atoms with Crippen molar-refractivity contribution in [2.24, 2.45) is 0 Å². The van der Waals surface area contributed by atoms with Crippen LogP contribution in [0.3, 0.4) is 0 Å². The fourth-order valence-electron chi connectivity index (χ4n) is 2.78. The van der Waals surface area contributed by atoms with E-state index < -0.39 is 11.6 Å². The van der Waals surface area contributed by atoms with Crippen molar-refractivity contribution in [1.82, 2.24) is 5.32 Å². The Balaban J connectivity index is 2.24. The summed E-state index contributed by atoms with van der Waals surface area (Å²) in [7, 11) is 7.89. The summed E-state index contributed by atoms with van der Waals surface area (Å²) in [5.74, 6) is -1.84. The van der Waals surface area contributed by atoms with E-state index in [0.29, 0.717) is 0 Å². The Morgan fingerprint density at radius 3 is 2.24 bits per heavy atom. The second-order valence-electron chi connectivity index (χ2n) is 5.62. The SMILES string of the molecule is BC1(B)NC(B)(B)C1Oc1cccc(F)c1F. The quantitative estimate of drug-likeness (QED) is 0.555. The molecule has 0 amide bonds. The van der Waals surface area contributed by atoms with E-state index in [9.17, 15) is 8.78 Å². The van der Waals surface area contributed by atoms with Crippen LogP contribution in [0.5, 0.6) is 5.75 Å². The topological polar surface area (TPSA) is 21.3 Å². The molecule has 0 atom stereocenters. The van der Waals surface area contributed by atoms with Crippen LogP contribution in [0.2, 0.25) is 0 Å². The summed E-state index contributed by atoms with van der Waals surface area (Å²) in [5.41, 5.74) is 0. The standard InChI is InChI=1S/C9H13B4F2NO/c10-8(11)7(9(12,13)16-8)17-5-3-1-2-4(14)6(5)15/h1-3,7,16H,10-13H2. The zero-order valence-electron chi connectivity index (χ0n) is 10.5. The molecule has 1 heterocycles. The highest BCUT2D eigenvalue weighted by molar-refractivity contribution is 6.49. The Morgan fingerprint density at radius 1 is 1.12 bits per heavy atom. The van der Waals surface area contributed by atoms with E-state index in [-0.39, 0.29) is 22.5 Å². The van der Waals surface area contributed by atoms with Crippen LogP contribution in [0.4, 0.5) is 8.78 Å². The monoisotopic (exact) mass is 233 g/mol. The largest absolute Gasteiger partial charge is 0.487 e. The molecule has 1 saturated heterocycles. The van der Waals surface area contributed by atoms with Gasteiger partial charge in [0.2, 0.25) is 5.82 Å². The van der Waals surface area contributed by atoms with E-state index in [2.05, 4.69) is 5.32 Å². The summed E-state index contributed by atoms with van der Waals surface area (Å²) in [6, 6.07) is 3.97. The zero-order chi connectivity index (χ0) is 12.8. The average molecular weight is 232 g/mol. The Kier molecular flexibility index (Phi) is 2.81. The molecule has 1 fully saturated rings. The number of nitrogens with one attached hydrogen (secondary N) is 1. The molecule has 0 unspecified atom stereocenters. The number of hydrogen-bond acceptors (Lipinski definition) is 2. The molecular formula is C9H13B4F2NO. The summed E-state index contributed by atoms with van der Waals surface area (Å²) < 4.78 is 32.2. The highest BCUT2D eigenvalue weighted by Crippen LogP contribution is 2.31. The number of rotatable bonds is 2. The summed E-state index contributed by atoms with van der Waals surface area (Å²) in [4.78, 5) is 0. The summed E-state index contributed by atoms with van der Waals surface area (Å²) in [5, 5.41) is 2.83. The lowest BCUT2D eigenvalue weighted by molar-refractivity contribution is 0.0571. The molecule has 2 rings (SSSR count). The Morgan fingerprint density at radius 2 is 1.71 bits per heavy atom. The lowest BCUT2D eigenvalue weighted by atomic mass is 9.38. The van der Waals surface area contributed by atoms with Crippen molar-refractivity contribution in [3.63, 3.8) is 0 Å². The average Bonchev–Trinajstić information content (AvgIpc) is 2.18. The summed E-state index contributed by atoms with van der Waals surface area (Å²) in [6.07, 6.45) is -0.203. The third-order valence-electron chi connectivity index (χ3n) is 3.12. The summed E-state index contributed by atoms with van der Waals surface area (Å²) >= 11 is 0. The first-order chi connectivity index (χ1) is 7.74. The lowest BCUT2D eigenvalue weighted by Gasteiger charge is -2.59. The van der Waals surface area contributed by atoms with Gasteiger partial charge in [-0.2, -0.15) is 4.39 Å². The third kappa shape index (κ3) is 2.10. The predicted molar refractivity (Wildman–Crippen MR) is 73.5 cm³/mol. The first kappa shape index (κ1) is 12.6. The van der Waals surface area contributed by atoms with E-state index in [1.165, 1.54) is 12.1 Å². The minimum atomic E-state index is -0.925.